The number of carbonyl (C=O) groups is 1. The molecule has 0 unspecified atom stereocenters. The highest BCUT2D eigenvalue weighted by Gasteiger charge is 2.16. The minimum absolute atomic E-state index is 0.122. The highest BCUT2D eigenvalue weighted by Crippen LogP contribution is 2.20. The molecule has 0 saturated heterocycles. The molecule has 0 fully saturated rings. The zero-order valence-electron chi connectivity index (χ0n) is 7.28. The molecule has 0 amide bonds. The molecule has 7 heteroatoms. The Hall–Kier alpha value is -2.02. The minimum atomic E-state index is -1.12. The fourth-order valence-electron chi connectivity index (χ4n) is 1.40. The van der Waals surface area contributed by atoms with Crippen molar-refractivity contribution < 1.29 is 9.90 Å². The number of nitrogens with zero attached hydrogens (tertiary/aromatic N) is 4. The number of aromatic nitrogens is 4. The van der Waals surface area contributed by atoms with E-state index < -0.39 is 5.97 Å². The lowest BCUT2D eigenvalue weighted by molar-refractivity contribution is 0.0692. The number of fused-ring (bicyclic) bond motifs is 3. The van der Waals surface area contributed by atoms with Crippen LogP contribution in [0.2, 0.25) is 0 Å². The zero-order valence-corrected chi connectivity index (χ0v) is 8.10. The maximum Gasteiger partial charge on any atom is 0.360 e. The molecule has 0 radical (unpaired) electrons. The van der Waals surface area contributed by atoms with E-state index >= 15 is 0 Å². The van der Waals surface area contributed by atoms with E-state index in [1.54, 1.807) is 6.20 Å². The Bertz CT molecular complexity index is 671. The van der Waals surface area contributed by atoms with Gasteiger partial charge in [0, 0.05) is 6.20 Å². The van der Waals surface area contributed by atoms with Gasteiger partial charge in [0.1, 0.15) is 0 Å². The molecule has 3 heterocycles. The lowest BCUT2D eigenvalue weighted by Crippen LogP contribution is -1.98. The largest absolute Gasteiger partial charge is 0.476 e. The Balaban J connectivity index is 2.51. The van der Waals surface area contributed by atoms with Gasteiger partial charge in [-0.2, -0.15) is 4.52 Å². The van der Waals surface area contributed by atoms with Crippen molar-refractivity contribution in [2.24, 2.45) is 0 Å². The Morgan fingerprint density at radius 2 is 2.40 bits per heavy atom. The molecule has 0 bridgehead atoms. The molecule has 3 aromatic rings. The third-order valence-electron chi connectivity index (χ3n) is 2.05. The average Bonchev–Trinajstić information content (AvgIpc) is 2.82. The summed E-state index contributed by atoms with van der Waals surface area (Å²) in [7, 11) is 0. The lowest BCUT2D eigenvalue weighted by atomic mass is 10.4. The van der Waals surface area contributed by atoms with Crippen LogP contribution in [0.4, 0.5) is 0 Å². The molecule has 1 N–H and O–H groups in total. The summed E-state index contributed by atoms with van der Waals surface area (Å²) in [4.78, 5) is 14.8. The maximum atomic E-state index is 10.8. The maximum absolute atomic E-state index is 10.8. The van der Waals surface area contributed by atoms with Gasteiger partial charge < -0.3 is 5.11 Å². The van der Waals surface area contributed by atoms with Gasteiger partial charge in [0.2, 0.25) is 5.69 Å². The highest BCUT2D eigenvalue weighted by molar-refractivity contribution is 7.17. The van der Waals surface area contributed by atoms with Crippen LogP contribution >= 0.6 is 11.3 Å². The second-order valence-electron chi connectivity index (χ2n) is 2.91. The molecular weight excluding hydrogens is 216 g/mol. The van der Waals surface area contributed by atoms with Crippen molar-refractivity contribution in [3.63, 3.8) is 0 Å². The van der Waals surface area contributed by atoms with Crippen LogP contribution in [0, 0.1) is 0 Å². The number of carboxylic acid groups (broad SMARTS) is 1. The molecule has 0 atom stereocenters. The highest BCUT2D eigenvalue weighted by atomic mass is 32.1. The van der Waals surface area contributed by atoms with E-state index in [0.29, 0.717) is 0 Å². The number of thiophene rings is 1. The van der Waals surface area contributed by atoms with E-state index in [9.17, 15) is 4.79 Å². The molecule has 0 aliphatic heterocycles. The summed E-state index contributed by atoms with van der Waals surface area (Å²) in [5, 5.41) is 18.1. The zero-order chi connectivity index (χ0) is 10.4. The van der Waals surface area contributed by atoms with Gasteiger partial charge in [-0.1, -0.05) is 5.21 Å². The van der Waals surface area contributed by atoms with E-state index in [-0.39, 0.29) is 11.3 Å². The minimum Gasteiger partial charge on any atom is -0.476 e. The van der Waals surface area contributed by atoms with E-state index in [1.807, 2.05) is 11.4 Å². The Kier molecular flexibility index (Phi) is 1.51. The molecular formula is C8H4N4O2S. The molecule has 0 aromatic carbocycles. The average molecular weight is 220 g/mol. The third kappa shape index (κ3) is 1.03. The molecule has 3 aromatic heterocycles. The first-order valence-corrected chi connectivity index (χ1v) is 4.96. The van der Waals surface area contributed by atoms with Crippen LogP contribution in [0.15, 0.2) is 17.6 Å². The Labute approximate surface area is 86.8 Å². The predicted molar refractivity (Wildman–Crippen MR) is 53.1 cm³/mol. The smallest absolute Gasteiger partial charge is 0.360 e. The van der Waals surface area contributed by atoms with Crippen molar-refractivity contribution >= 4 is 33.2 Å². The van der Waals surface area contributed by atoms with Gasteiger partial charge in [0.25, 0.3) is 0 Å². The molecule has 6 nitrogen and oxygen atoms in total. The van der Waals surface area contributed by atoms with Crippen molar-refractivity contribution in [1.29, 1.82) is 0 Å². The molecule has 0 aliphatic carbocycles. The van der Waals surface area contributed by atoms with Gasteiger partial charge in [0.05, 0.1) is 10.2 Å². The van der Waals surface area contributed by atoms with Crippen molar-refractivity contribution in [2.45, 2.75) is 0 Å². The van der Waals surface area contributed by atoms with E-state index in [2.05, 4.69) is 15.3 Å². The molecule has 3 rings (SSSR count). The number of hydrogen-bond acceptors (Lipinski definition) is 5. The summed E-state index contributed by atoms with van der Waals surface area (Å²) < 4.78 is 2.39. The van der Waals surface area contributed by atoms with Crippen LogP contribution in [-0.4, -0.2) is 30.9 Å². The van der Waals surface area contributed by atoms with Crippen LogP contribution < -0.4 is 0 Å². The summed E-state index contributed by atoms with van der Waals surface area (Å²) in [5.41, 5.74) is 0.974. The van der Waals surface area contributed by atoms with Crippen LogP contribution in [0.25, 0.3) is 15.9 Å². The summed E-state index contributed by atoms with van der Waals surface area (Å²) in [6, 6.07) is 1.86. The normalized spacial score (nSPS) is 11.2. The monoisotopic (exact) mass is 220 g/mol. The molecule has 15 heavy (non-hydrogen) atoms. The Morgan fingerprint density at radius 1 is 1.53 bits per heavy atom. The van der Waals surface area contributed by atoms with Crippen molar-refractivity contribution in [3.05, 3.63) is 23.3 Å². The Morgan fingerprint density at radius 3 is 3.20 bits per heavy atom. The van der Waals surface area contributed by atoms with Crippen molar-refractivity contribution in [3.8, 4) is 0 Å². The fourth-order valence-corrected chi connectivity index (χ4v) is 2.13. The molecule has 0 saturated carbocycles. The number of rotatable bonds is 1. The standard InChI is InChI=1S/C8H4N4O2S/c13-8(14)6-7-9-3-5-4(1-2-15-5)12(7)11-10-6/h1-3H,(H,13,14). The number of carboxylic acids is 1. The van der Waals surface area contributed by atoms with Gasteiger partial charge in [-0.15, -0.1) is 16.4 Å². The summed E-state index contributed by atoms with van der Waals surface area (Å²) >= 11 is 1.52. The summed E-state index contributed by atoms with van der Waals surface area (Å²) in [5.74, 6) is -1.12. The molecule has 0 aliphatic rings. The SMILES string of the molecule is O=C(O)c1nnn2c1ncc1sccc12. The summed E-state index contributed by atoms with van der Waals surface area (Å²) in [6.45, 7) is 0. The second-order valence-corrected chi connectivity index (χ2v) is 3.85. The van der Waals surface area contributed by atoms with E-state index in [4.69, 9.17) is 5.11 Å². The second kappa shape index (κ2) is 2.74. The van der Waals surface area contributed by atoms with Crippen LogP contribution in [0.3, 0.4) is 0 Å². The van der Waals surface area contributed by atoms with Gasteiger partial charge in [0.15, 0.2) is 5.65 Å². The molecule has 74 valence electrons. The first-order valence-electron chi connectivity index (χ1n) is 4.08. The van der Waals surface area contributed by atoms with Crippen molar-refractivity contribution in [2.75, 3.05) is 0 Å². The lowest BCUT2D eigenvalue weighted by Gasteiger charge is -1.93. The van der Waals surface area contributed by atoms with Gasteiger partial charge >= 0.3 is 5.97 Å². The third-order valence-corrected chi connectivity index (χ3v) is 2.90. The number of aromatic carboxylic acids is 1. The first kappa shape index (κ1) is 8.30. The predicted octanol–water partition coefficient (Wildman–Crippen LogP) is 1.04. The topological polar surface area (TPSA) is 80.4 Å². The number of hydrogen-bond donors (Lipinski definition) is 1. The summed E-state index contributed by atoms with van der Waals surface area (Å²) in [6.07, 6.45) is 1.63. The fraction of sp³-hybridized carbons (Fsp3) is 0. The van der Waals surface area contributed by atoms with E-state index in [1.165, 1.54) is 15.9 Å². The van der Waals surface area contributed by atoms with Crippen LogP contribution in [0.1, 0.15) is 10.5 Å². The quantitative estimate of drug-likeness (QED) is 0.662. The van der Waals surface area contributed by atoms with E-state index in [0.717, 1.165) is 10.2 Å². The van der Waals surface area contributed by atoms with Gasteiger partial charge in [-0.05, 0) is 11.4 Å². The van der Waals surface area contributed by atoms with Gasteiger partial charge in [-0.3, -0.25) is 0 Å². The first-order chi connectivity index (χ1) is 7.27. The van der Waals surface area contributed by atoms with Crippen molar-refractivity contribution in [1.82, 2.24) is 19.8 Å². The molecule has 0 spiro atoms. The van der Waals surface area contributed by atoms with Crippen LogP contribution in [0.5, 0.6) is 0 Å². The van der Waals surface area contributed by atoms with Crippen LogP contribution in [-0.2, 0) is 0 Å². The van der Waals surface area contributed by atoms with Gasteiger partial charge in [-0.25, -0.2) is 9.78 Å².